The van der Waals surface area contributed by atoms with Crippen LogP contribution in [-0.2, 0) is 18.3 Å². The van der Waals surface area contributed by atoms with Gasteiger partial charge in [-0.25, -0.2) is 4.57 Å². The fraction of sp³-hybridized carbons (Fsp3) is 1.00. The smallest absolute Gasteiger partial charge is 0.381 e. The van der Waals surface area contributed by atoms with E-state index in [2.05, 4.69) is 6.92 Å². The maximum atomic E-state index is 11.5. The molecule has 0 saturated carbocycles. The zero-order valence-corrected chi connectivity index (χ0v) is 14.2. The monoisotopic (exact) mass is 312 g/mol. The number of phosphoric acid groups is 1. The Labute approximate surface area is 123 Å². The number of hydrogen-bond donors (Lipinski definition) is 1. The van der Waals surface area contributed by atoms with Crippen molar-refractivity contribution in [2.24, 2.45) is 0 Å². The Kier molecular flexibility index (Phi) is 10.7. The van der Waals surface area contributed by atoms with Crippen LogP contribution in [0.25, 0.3) is 0 Å². The Hall–Kier alpha value is 0.0300. The van der Waals surface area contributed by atoms with Crippen LogP contribution in [-0.4, -0.2) is 63.5 Å². The average Bonchev–Trinajstić information content (AvgIpc) is 2.30. The van der Waals surface area contributed by atoms with Crippen molar-refractivity contribution in [3.8, 4) is 0 Å². The predicted molar refractivity (Wildman–Crippen MR) is 79.6 cm³/mol. The van der Waals surface area contributed by atoms with Crippen LogP contribution in [0.4, 0.5) is 0 Å². The van der Waals surface area contributed by atoms with E-state index >= 15 is 0 Å². The Balaban J connectivity index is 3.50. The molecule has 0 radical (unpaired) electrons. The van der Waals surface area contributed by atoms with E-state index in [1.54, 1.807) is 0 Å². The second kappa shape index (κ2) is 10.7. The first-order valence-corrected chi connectivity index (χ1v) is 8.76. The quantitative estimate of drug-likeness (QED) is 0.321. The summed E-state index contributed by atoms with van der Waals surface area (Å²) in [5.41, 5.74) is 0. The molecule has 0 fully saturated rings. The van der Waals surface area contributed by atoms with E-state index in [4.69, 9.17) is 13.8 Å². The van der Waals surface area contributed by atoms with Gasteiger partial charge in [0, 0.05) is 13.2 Å². The highest BCUT2D eigenvalue weighted by atomic mass is 31.2. The number of quaternary nitrogens is 1. The van der Waals surface area contributed by atoms with Crippen LogP contribution in [0.5, 0.6) is 0 Å². The van der Waals surface area contributed by atoms with Gasteiger partial charge in [-0.15, -0.1) is 0 Å². The Morgan fingerprint density at radius 2 is 1.50 bits per heavy atom. The average molecular weight is 312 g/mol. The van der Waals surface area contributed by atoms with Gasteiger partial charge in [-0.2, -0.15) is 0 Å². The second-order valence-electron chi connectivity index (χ2n) is 5.82. The number of unbranched alkanes of at least 4 members (excludes halogenated alkanes) is 2. The molecule has 0 heterocycles. The minimum atomic E-state index is -3.90. The third-order valence-electron chi connectivity index (χ3n) is 2.60. The van der Waals surface area contributed by atoms with E-state index in [1.807, 2.05) is 21.1 Å². The molecule has 0 bridgehead atoms. The van der Waals surface area contributed by atoms with Gasteiger partial charge in [0.1, 0.15) is 13.2 Å². The number of ether oxygens (including phenoxy) is 1. The Morgan fingerprint density at radius 1 is 0.950 bits per heavy atom. The number of rotatable bonds is 13. The predicted octanol–water partition coefficient (Wildman–Crippen LogP) is 2.42. The van der Waals surface area contributed by atoms with Crippen molar-refractivity contribution in [2.45, 2.75) is 32.6 Å². The summed E-state index contributed by atoms with van der Waals surface area (Å²) in [6.45, 7) is 4.64. The number of nitrogens with zero attached hydrogens (tertiary/aromatic N) is 1. The molecule has 20 heavy (non-hydrogen) atoms. The summed E-state index contributed by atoms with van der Waals surface area (Å²) < 4.78 is 27.4. The first kappa shape index (κ1) is 20.0. The van der Waals surface area contributed by atoms with Crippen LogP contribution in [0.3, 0.4) is 0 Å². The maximum Gasteiger partial charge on any atom is 0.472 e. The molecule has 1 atom stereocenters. The molecule has 0 aromatic heterocycles. The molecule has 0 aliphatic carbocycles. The summed E-state index contributed by atoms with van der Waals surface area (Å²) in [4.78, 5) is 9.46. The molecule has 0 spiro atoms. The van der Waals surface area contributed by atoms with Gasteiger partial charge in [0.25, 0.3) is 0 Å². The van der Waals surface area contributed by atoms with Crippen molar-refractivity contribution in [1.29, 1.82) is 0 Å². The highest BCUT2D eigenvalue weighted by Crippen LogP contribution is 2.43. The molecule has 0 aliphatic rings. The lowest BCUT2D eigenvalue weighted by Gasteiger charge is -2.24. The summed E-state index contributed by atoms with van der Waals surface area (Å²) in [7, 11) is 2.08. The second-order valence-corrected chi connectivity index (χ2v) is 7.28. The lowest BCUT2D eigenvalue weighted by molar-refractivity contribution is -0.870. The standard InChI is InChI=1S/C13H30NO5P/c1-5-6-10-17-11-7-8-12-18-20(15,16)19-13-9-14(2,3)4/h5-13H2,1-4H3/p+1. The van der Waals surface area contributed by atoms with Crippen molar-refractivity contribution in [3.05, 3.63) is 0 Å². The van der Waals surface area contributed by atoms with Crippen LogP contribution in [0.15, 0.2) is 0 Å². The van der Waals surface area contributed by atoms with Crippen molar-refractivity contribution in [3.63, 3.8) is 0 Å². The first-order valence-electron chi connectivity index (χ1n) is 7.27. The fourth-order valence-corrected chi connectivity index (χ4v) is 2.05. The maximum absolute atomic E-state index is 11.5. The molecule has 7 heteroatoms. The molecule has 0 rings (SSSR count). The highest BCUT2D eigenvalue weighted by Gasteiger charge is 2.21. The summed E-state index contributed by atoms with van der Waals surface area (Å²) in [5, 5.41) is 0. The minimum Gasteiger partial charge on any atom is -0.381 e. The summed E-state index contributed by atoms with van der Waals surface area (Å²) in [6, 6.07) is 0. The van der Waals surface area contributed by atoms with Crippen LogP contribution >= 0.6 is 7.82 Å². The van der Waals surface area contributed by atoms with Gasteiger partial charge in [0.15, 0.2) is 0 Å². The van der Waals surface area contributed by atoms with Gasteiger partial charge in [-0.3, -0.25) is 9.05 Å². The van der Waals surface area contributed by atoms with Crippen LogP contribution in [0, 0.1) is 0 Å². The molecule has 0 aromatic rings. The van der Waals surface area contributed by atoms with Gasteiger partial charge < -0.3 is 14.1 Å². The Bertz CT molecular complexity index is 280. The molecule has 122 valence electrons. The molecule has 0 aliphatic heterocycles. The van der Waals surface area contributed by atoms with Gasteiger partial charge in [0.05, 0.1) is 27.7 Å². The van der Waals surface area contributed by atoms with Gasteiger partial charge in [-0.05, 0) is 19.3 Å². The van der Waals surface area contributed by atoms with Crippen LogP contribution < -0.4 is 0 Å². The zero-order chi connectivity index (χ0) is 15.5. The van der Waals surface area contributed by atoms with Gasteiger partial charge in [0.2, 0.25) is 0 Å². The molecule has 1 N–H and O–H groups in total. The third kappa shape index (κ3) is 14.4. The van der Waals surface area contributed by atoms with Gasteiger partial charge >= 0.3 is 7.82 Å². The fourth-order valence-electron chi connectivity index (χ4n) is 1.30. The molecular formula is C13H31NO5P+. The zero-order valence-electron chi connectivity index (χ0n) is 13.3. The molecule has 0 aromatic carbocycles. The number of likely N-dealkylation sites (N-methyl/N-ethyl adjacent to an activating group) is 1. The Morgan fingerprint density at radius 3 is 2.10 bits per heavy atom. The van der Waals surface area contributed by atoms with Crippen LogP contribution in [0.2, 0.25) is 0 Å². The van der Waals surface area contributed by atoms with E-state index < -0.39 is 7.82 Å². The van der Waals surface area contributed by atoms with E-state index in [-0.39, 0.29) is 13.2 Å². The normalized spacial score (nSPS) is 15.2. The van der Waals surface area contributed by atoms with E-state index in [1.165, 1.54) is 0 Å². The van der Waals surface area contributed by atoms with E-state index in [9.17, 15) is 9.46 Å². The van der Waals surface area contributed by atoms with Gasteiger partial charge in [-0.1, -0.05) is 13.3 Å². The topological polar surface area (TPSA) is 65.0 Å². The molecule has 0 amide bonds. The first-order chi connectivity index (χ1) is 9.27. The SMILES string of the molecule is CCCCOCCCCOP(=O)(O)OCC[N+](C)(C)C. The lowest BCUT2D eigenvalue weighted by atomic mass is 10.3. The summed E-state index contributed by atoms with van der Waals surface area (Å²) in [5.74, 6) is 0. The van der Waals surface area contributed by atoms with Crippen molar-refractivity contribution in [2.75, 3.05) is 54.1 Å². The molecule has 1 unspecified atom stereocenters. The molecule has 6 nitrogen and oxygen atoms in total. The largest absolute Gasteiger partial charge is 0.472 e. The van der Waals surface area contributed by atoms with E-state index in [0.29, 0.717) is 24.1 Å². The summed E-state index contributed by atoms with van der Waals surface area (Å²) in [6.07, 6.45) is 3.71. The number of phosphoric ester groups is 1. The molecular weight excluding hydrogens is 281 g/mol. The summed E-state index contributed by atoms with van der Waals surface area (Å²) >= 11 is 0. The van der Waals surface area contributed by atoms with Crippen molar-refractivity contribution < 1.29 is 27.7 Å². The highest BCUT2D eigenvalue weighted by molar-refractivity contribution is 7.47. The van der Waals surface area contributed by atoms with Crippen molar-refractivity contribution >= 4 is 7.82 Å². The molecule has 0 saturated heterocycles. The van der Waals surface area contributed by atoms with Crippen LogP contribution in [0.1, 0.15) is 32.6 Å². The van der Waals surface area contributed by atoms with E-state index in [0.717, 1.165) is 25.9 Å². The lowest BCUT2D eigenvalue weighted by Crippen LogP contribution is -2.37. The minimum absolute atomic E-state index is 0.206. The third-order valence-corrected chi connectivity index (χ3v) is 3.61. The number of hydrogen-bond acceptors (Lipinski definition) is 4. The van der Waals surface area contributed by atoms with Crippen molar-refractivity contribution in [1.82, 2.24) is 0 Å².